The van der Waals surface area contributed by atoms with E-state index >= 15 is 0 Å². The molecule has 3 aromatic rings. The number of pyridine rings is 2. The fourth-order valence-electron chi connectivity index (χ4n) is 3.49. The van der Waals surface area contributed by atoms with Crippen molar-refractivity contribution in [3.63, 3.8) is 0 Å². The molecule has 0 bridgehead atoms. The van der Waals surface area contributed by atoms with Crippen LogP contribution in [0.2, 0.25) is 0 Å². The summed E-state index contributed by atoms with van der Waals surface area (Å²) < 4.78 is 5.82. The van der Waals surface area contributed by atoms with Crippen LogP contribution < -0.4 is 10.3 Å². The lowest BCUT2D eigenvalue weighted by atomic mass is 10.2. The van der Waals surface area contributed by atoms with E-state index in [0.29, 0.717) is 43.9 Å². The van der Waals surface area contributed by atoms with Crippen molar-refractivity contribution >= 4 is 11.8 Å². The molecule has 1 aromatic carbocycles. The van der Waals surface area contributed by atoms with Crippen molar-refractivity contribution < 1.29 is 14.3 Å². The summed E-state index contributed by atoms with van der Waals surface area (Å²) in [6, 6.07) is 15.7. The summed E-state index contributed by atoms with van der Waals surface area (Å²) in [5.74, 6) is 0.305. The van der Waals surface area contributed by atoms with Crippen molar-refractivity contribution in [2.24, 2.45) is 0 Å². The van der Waals surface area contributed by atoms with E-state index in [9.17, 15) is 14.4 Å². The number of aromatic amines is 1. The highest BCUT2D eigenvalue weighted by Gasteiger charge is 2.26. The normalized spacial score (nSPS) is 14.1. The first-order chi connectivity index (χ1) is 15.1. The van der Waals surface area contributed by atoms with Crippen molar-refractivity contribution in [1.82, 2.24) is 19.8 Å². The summed E-state index contributed by atoms with van der Waals surface area (Å²) in [4.78, 5) is 48.0. The molecule has 0 radical (unpaired) electrons. The molecule has 2 amide bonds. The maximum atomic E-state index is 13.2. The molecule has 1 fully saturated rings. The molecular formula is C23H22N4O4. The minimum absolute atomic E-state index is 0.105. The number of ether oxygens (including phenoxy) is 1. The maximum Gasteiger partial charge on any atom is 0.260 e. The van der Waals surface area contributed by atoms with Gasteiger partial charge in [0, 0.05) is 38.6 Å². The molecule has 0 saturated carbocycles. The molecule has 1 aliphatic rings. The molecule has 0 unspecified atom stereocenters. The maximum absolute atomic E-state index is 13.2. The van der Waals surface area contributed by atoms with Gasteiger partial charge in [-0.1, -0.05) is 18.2 Å². The van der Waals surface area contributed by atoms with Crippen molar-refractivity contribution in [2.45, 2.75) is 6.42 Å². The molecule has 0 atom stereocenters. The summed E-state index contributed by atoms with van der Waals surface area (Å²) in [5, 5.41) is 0. The van der Waals surface area contributed by atoms with E-state index in [4.69, 9.17) is 4.74 Å². The fourth-order valence-corrected chi connectivity index (χ4v) is 3.49. The second kappa shape index (κ2) is 9.25. The molecule has 31 heavy (non-hydrogen) atoms. The number of hydrogen-bond acceptors (Lipinski definition) is 5. The summed E-state index contributed by atoms with van der Waals surface area (Å²) in [6.07, 6.45) is 3.68. The van der Waals surface area contributed by atoms with Gasteiger partial charge < -0.3 is 19.5 Å². The zero-order valence-electron chi connectivity index (χ0n) is 16.9. The third-order valence-corrected chi connectivity index (χ3v) is 5.08. The van der Waals surface area contributed by atoms with E-state index < -0.39 is 5.56 Å². The highest BCUT2D eigenvalue weighted by Crippen LogP contribution is 2.24. The molecule has 1 aliphatic heterocycles. The lowest BCUT2D eigenvalue weighted by Gasteiger charge is -2.22. The highest BCUT2D eigenvalue weighted by molar-refractivity contribution is 5.97. The largest absolute Gasteiger partial charge is 0.438 e. The molecule has 0 spiro atoms. The number of rotatable bonds is 4. The average Bonchev–Trinajstić information content (AvgIpc) is 3.06. The van der Waals surface area contributed by atoms with Gasteiger partial charge in [0.05, 0.1) is 0 Å². The Balaban J connectivity index is 1.48. The molecule has 2 aromatic heterocycles. The van der Waals surface area contributed by atoms with Crippen molar-refractivity contribution in [3.05, 3.63) is 88.5 Å². The number of hydrogen-bond donors (Lipinski definition) is 1. The van der Waals surface area contributed by atoms with Gasteiger partial charge in [-0.3, -0.25) is 14.4 Å². The van der Waals surface area contributed by atoms with Crippen LogP contribution in [0.4, 0.5) is 0 Å². The summed E-state index contributed by atoms with van der Waals surface area (Å²) >= 11 is 0. The average molecular weight is 418 g/mol. The van der Waals surface area contributed by atoms with Crippen LogP contribution in [-0.4, -0.2) is 57.8 Å². The van der Waals surface area contributed by atoms with Gasteiger partial charge in [0.2, 0.25) is 5.88 Å². The Labute approximate surface area is 179 Å². The Kier molecular flexibility index (Phi) is 6.07. The Morgan fingerprint density at radius 1 is 0.839 bits per heavy atom. The lowest BCUT2D eigenvalue weighted by molar-refractivity contribution is 0.0716. The van der Waals surface area contributed by atoms with Crippen LogP contribution in [0.15, 0.2) is 71.8 Å². The lowest BCUT2D eigenvalue weighted by Crippen LogP contribution is -2.39. The molecule has 158 valence electrons. The fraction of sp³-hybridized carbons (Fsp3) is 0.217. The Morgan fingerprint density at radius 2 is 1.52 bits per heavy atom. The van der Waals surface area contributed by atoms with E-state index in [1.807, 2.05) is 18.2 Å². The Hall–Kier alpha value is -3.94. The number of para-hydroxylation sites is 1. The summed E-state index contributed by atoms with van der Waals surface area (Å²) in [5.41, 5.74) is 0.0569. The quantitative estimate of drug-likeness (QED) is 0.703. The van der Waals surface area contributed by atoms with Crippen molar-refractivity contribution in [3.8, 4) is 11.6 Å². The monoisotopic (exact) mass is 418 g/mol. The first-order valence-electron chi connectivity index (χ1n) is 10.1. The second-order valence-electron chi connectivity index (χ2n) is 7.12. The van der Waals surface area contributed by atoms with Gasteiger partial charge in [0.1, 0.15) is 16.9 Å². The number of aromatic nitrogens is 2. The minimum Gasteiger partial charge on any atom is -0.438 e. The van der Waals surface area contributed by atoms with Crippen LogP contribution in [0.5, 0.6) is 11.6 Å². The summed E-state index contributed by atoms with van der Waals surface area (Å²) in [6.45, 7) is 1.66. The van der Waals surface area contributed by atoms with Crippen LogP contribution in [0.1, 0.15) is 27.1 Å². The molecule has 4 rings (SSSR count). The smallest absolute Gasteiger partial charge is 0.260 e. The van der Waals surface area contributed by atoms with Crippen LogP contribution in [-0.2, 0) is 0 Å². The molecule has 1 N–H and O–H groups in total. The minimum atomic E-state index is -0.414. The topological polar surface area (TPSA) is 95.6 Å². The van der Waals surface area contributed by atoms with Crippen LogP contribution >= 0.6 is 0 Å². The Bertz CT molecular complexity index is 1130. The highest BCUT2D eigenvalue weighted by atomic mass is 16.5. The first-order valence-corrected chi connectivity index (χ1v) is 10.1. The number of carbonyl (C=O) groups excluding carboxylic acids is 2. The molecule has 3 heterocycles. The van der Waals surface area contributed by atoms with Gasteiger partial charge >= 0.3 is 0 Å². The zero-order chi connectivity index (χ0) is 21.6. The van der Waals surface area contributed by atoms with Crippen LogP contribution in [0, 0.1) is 0 Å². The van der Waals surface area contributed by atoms with E-state index in [1.165, 1.54) is 12.3 Å². The molecule has 8 heteroatoms. The number of benzene rings is 1. The number of nitrogens with zero attached hydrogens (tertiary/aromatic N) is 3. The number of nitrogens with one attached hydrogen (secondary N) is 1. The van der Waals surface area contributed by atoms with Crippen LogP contribution in [0.25, 0.3) is 0 Å². The first kappa shape index (κ1) is 20.3. The Morgan fingerprint density at radius 3 is 2.23 bits per heavy atom. The standard InChI is InChI=1S/C23H22N4O4/c28-20-18(9-4-11-24-20)22(29)26-13-6-14-27(16-15-26)23(30)19-10-5-12-25-21(19)31-17-7-2-1-3-8-17/h1-5,7-12H,6,13-16H2,(H,24,28). The number of amides is 2. The van der Waals surface area contributed by atoms with Crippen LogP contribution in [0.3, 0.4) is 0 Å². The predicted molar refractivity (Wildman–Crippen MR) is 114 cm³/mol. The van der Waals surface area contributed by atoms with Crippen molar-refractivity contribution in [1.29, 1.82) is 0 Å². The van der Waals surface area contributed by atoms with Gasteiger partial charge in [-0.05, 0) is 42.8 Å². The van der Waals surface area contributed by atoms with Gasteiger partial charge in [-0.15, -0.1) is 0 Å². The van der Waals surface area contributed by atoms with E-state index in [1.54, 1.807) is 46.3 Å². The van der Waals surface area contributed by atoms with E-state index in [2.05, 4.69) is 9.97 Å². The molecule has 0 aliphatic carbocycles. The SMILES string of the molecule is O=C(c1cccnc1Oc1ccccc1)N1CCCN(C(=O)c2ccc[nH]c2=O)CC1. The summed E-state index contributed by atoms with van der Waals surface area (Å²) in [7, 11) is 0. The molecular weight excluding hydrogens is 396 g/mol. The second-order valence-corrected chi connectivity index (χ2v) is 7.12. The predicted octanol–water partition coefficient (Wildman–Crippen LogP) is 2.55. The number of carbonyl (C=O) groups is 2. The van der Waals surface area contributed by atoms with Gasteiger partial charge in [0.25, 0.3) is 17.4 Å². The van der Waals surface area contributed by atoms with Gasteiger partial charge in [-0.25, -0.2) is 4.98 Å². The number of H-pyrrole nitrogens is 1. The van der Waals surface area contributed by atoms with Gasteiger partial charge in [0.15, 0.2) is 0 Å². The molecule has 8 nitrogen and oxygen atoms in total. The third kappa shape index (κ3) is 4.63. The third-order valence-electron chi connectivity index (χ3n) is 5.08. The molecule has 1 saturated heterocycles. The van der Waals surface area contributed by atoms with Gasteiger partial charge in [-0.2, -0.15) is 0 Å². The zero-order valence-corrected chi connectivity index (χ0v) is 16.9. The van der Waals surface area contributed by atoms with E-state index in [0.717, 1.165) is 0 Å². The van der Waals surface area contributed by atoms with Crippen molar-refractivity contribution in [2.75, 3.05) is 26.2 Å². The van der Waals surface area contributed by atoms with E-state index in [-0.39, 0.29) is 23.3 Å².